The smallest absolute Gasteiger partial charge is 0.335 e. The Labute approximate surface area is 204 Å². The van der Waals surface area contributed by atoms with Gasteiger partial charge < -0.3 is 5.11 Å². The van der Waals surface area contributed by atoms with Crippen molar-refractivity contribution in [3.8, 4) is 11.3 Å². The first-order valence-electron chi connectivity index (χ1n) is 10.6. The maximum Gasteiger partial charge on any atom is 0.335 e. The Hall–Kier alpha value is -3.36. The van der Waals surface area contributed by atoms with Gasteiger partial charge in [0.1, 0.15) is 5.39 Å². The number of halogens is 2. The van der Waals surface area contributed by atoms with Gasteiger partial charge in [0.25, 0.3) is 5.56 Å². The monoisotopic (exact) mass is 500 g/mol. The van der Waals surface area contributed by atoms with Crippen molar-refractivity contribution in [1.29, 1.82) is 0 Å². The van der Waals surface area contributed by atoms with Gasteiger partial charge in [-0.3, -0.25) is 18.6 Å². The molecule has 176 valence electrons. The van der Waals surface area contributed by atoms with Crippen molar-refractivity contribution in [3.05, 3.63) is 84.5 Å². The summed E-state index contributed by atoms with van der Waals surface area (Å²) in [6, 6.07) is 11.5. The molecule has 0 radical (unpaired) electrons. The summed E-state index contributed by atoms with van der Waals surface area (Å²) in [5.74, 6) is -0.982. The van der Waals surface area contributed by atoms with Crippen LogP contribution in [0.15, 0.2) is 52.1 Å². The van der Waals surface area contributed by atoms with Crippen LogP contribution in [0.1, 0.15) is 29.8 Å². The van der Waals surface area contributed by atoms with Crippen LogP contribution in [0.5, 0.6) is 0 Å². The molecule has 2 aromatic heterocycles. The molecule has 0 saturated carbocycles. The van der Waals surface area contributed by atoms with Crippen molar-refractivity contribution in [2.24, 2.45) is 13.0 Å². The van der Waals surface area contributed by atoms with Gasteiger partial charge in [0, 0.05) is 19.2 Å². The topological polar surface area (TPSA) is 99.1 Å². The van der Waals surface area contributed by atoms with Crippen LogP contribution in [-0.4, -0.2) is 30.0 Å². The lowest BCUT2D eigenvalue weighted by atomic mass is 10.1. The first-order chi connectivity index (χ1) is 16.1. The fraction of sp³-hybridized carbons (Fsp3) is 0.250. The SMILES string of the molecule is CC(C)Cn1c(=O)n(C)c(=O)c2c(-c3cccc(C(=O)O)c3)n(Cc3cccc(Cl)c3Cl)nc21. The summed E-state index contributed by atoms with van der Waals surface area (Å²) in [7, 11) is 1.42. The van der Waals surface area contributed by atoms with E-state index in [0.717, 1.165) is 4.57 Å². The van der Waals surface area contributed by atoms with Gasteiger partial charge in [-0.25, -0.2) is 9.59 Å². The molecule has 0 aliphatic carbocycles. The summed E-state index contributed by atoms with van der Waals surface area (Å²) in [4.78, 5) is 37.9. The molecule has 4 aromatic rings. The van der Waals surface area contributed by atoms with Crippen molar-refractivity contribution in [2.75, 3.05) is 0 Å². The first kappa shape index (κ1) is 23.8. The largest absolute Gasteiger partial charge is 0.478 e. The highest BCUT2D eigenvalue weighted by Crippen LogP contribution is 2.31. The lowest BCUT2D eigenvalue weighted by Crippen LogP contribution is -2.38. The molecule has 0 spiro atoms. The number of carboxylic acid groups (broad SMARTS) is 1. The van der Waals surface area contributed by atoms with Gasteiger partial charge >= 0.3 is 11.7 Å². The van der Waals surface area contributed by atoms with Gasteiger partial charge in [-0.2, -0.15) is 5.10 Å². The molecule has 4 rings (SSSR count). The number of carbonyl (C=O) groups is 1. The maximum absolute atomic E-state index is 13.3. The predicted octanol–water partition coefficient (Wildman–Crippen LogP) is 4.27. The van der Waals surface area contributed by atoms with Crippen LogP contribution in [0, 0.1) is 5.92 Å². The molecule has 0 fully saturated rings. The molecule has 2 aromatic carbocycles. The van der Waals surface area contributed by atoms with Crippen LogP contribution in [0.25, 0.3) is 22.3 Å². The third-order valence-electron chi connectivity index (χ3n) is 5.51. The Bertz CT molecular complexity index is 1550. The molecular formula is C24H22Cl2N4O4. The Morgan fingerprint density at radius 3 is 2.50 bits per heavy atom. The molecule has 34 heavy (non-hydrogen) atoms. The van der Waals surface area contributed by atoms with Crippen LogP contribution in [0.2, 0.25) is 10.0 Å². The standard InChI is InChI=1S/C24H22Cl2N4O4/c1-13(2)11-29-21-18(22(31)28(3)24(29)34)20(14-6-4-7-15(10-14)23(32)33)30(27-21)12-16-8-5-9-17(25)19(16)26/h4-10,13H,11-12H2,1-3H3,(H,32,33). The normalized spacial score (nSPS) is 11.5. The Morgan fingerprint density at radius 1 is 1.12 bits per heavy atom. The van der Waals surface area contributed by atoms with E-state index in [1.54, 1.807) is 35.0 Å². The molecule has 0 bridgehead atoms. The minimum absolute atomic E-state index is 0.0616. The second-order valence-corrected chi connectivity index (χ2v) is 9.24. The number of rotatable bonds is 6. The number of fused-ring (bicyclic) bond motifs is 1. The van der Waals surface area contributed by atoms with Crippen LogP contribution >= 0.6 is 23.2 Å². The highest BCUT2D eigenvalue weighted by molar-refractivity contribution is 6.42. The van der Waals surface area contributed by atoms with Crippen molar-refractivity contribution in [3.63, 3.8) is 0 Å². The molecule has 0 aliphatic heterocycles. The molecule has 0 amide bonds. The molecule has 0 aliphatic rings. The summed E-state index contributed by atoms with van der Waals surface area (Å²) in [5.41, 5.74) is 0.843. The highest BCUT2D eigenvalue weighted by Gasteiger charge is 2.24. The first-order valence-corrected chi connectivity index (χ1v) is 11.3. The predicted molar refractivity (Wildman–Crippen MR) is 132 cm³/mol. The third kappa shape index (κ3) is 4.15. The quantitative estimate of drug-likeness (QED) is 0.426. The highest BCUT2D eigenvalue weighted by atomic mass is 35.5. The fourth-order valence-corrected chi connectivity index (χ4v) is 4.31. The number of benzene rings is 2. The number of nitrogens with zero attached hydrogens (tertiary/aromatic N) is 4. The molecule has 1 N–H and O–H groups in total. The van der Waals surface area contributed by atoms with Crippen LogP contribution in [0.4, 0.5) is 0 Å². The zero-order valence-corrected chi connectivity index (χ0v) is 20.3. The van der Waals surface area contributed by atoms with Gasteiger partial charge in [-0.1, -0.05) is 61.3 Å². The second kappa shape index (κ2) is 9.12. The third-order valence-corrected chi connectivity index (χ3v) is 6.37. The molecule has 0 saturated heterocycles. The summed E-state index contributed by atoms with van der Waals surface area (Å²) in [6.45, 7) is 4.43. The van der Waals surface area contributed by atoms with Gasteiger partial charge in [0.15, 0.2) is 5.65 Å². The summed E-state index contributed by atoms with van der Waals surface area (Å²) in [5, 5.41) is 15.1. The number of aromatic nitrogens is 4. The minimum Gasteiger partial charge on any atom is -0.478 e. The molecule has 0 unspecified atom stereocenters. The maximum atomic E-state index is 13.3. The van der Waals surface area contributed by atoms with Gasteiger partial charge in [-0.15, -0.1) is 0 Å². The molecular weight excluding hydrogens is 479 g/mol. The van der Waals surface area contributed by atoms with Crippen molar-refractivity contribution in [2.45, 2.75) is 26.9 Å². The van der Waals surface area contributed by atoms with Gasteiger partial charge in [-0.05, 0) is 29.7 Å². The van der Waals surface area contributed by atoms with Crippen LogP contribution < -0.4 is 11.2 Å². The zero-order chi connectivity index (χ0) is 24.7. The summed E-state index contributed by atoms with van der Waals surface area (Å²) < 4.78 is 4.09. The lowest BCUT2D eigenvalue weighted by molar-refractivity contribution is 0.0697. The van der Waals surface area contributed by atoms with E-state index >= 15 is 0 Å². The van der Waals surface area contributed by atoms with E-state index in [-0.39, 0.29) is 29.1 Å². The summed E-state index contributed by atoms with van der Waals surface area (Å²) >= 11 is 12.6. The van der Waals surface area contributed by atoms with E-state index in [1.165, 1.54) is 23.7 Å². The zero-order valence-electron chi connectivity index (χ0n) is 18.7. The van der Waals surface area contributed by atoms with Gasteiger partial charge in [0.2, 0.25) is 0 Å². The minimum atomic E-state index is -1.10. The molecule has 0 atom stereocenters. The van der Waals surface area contributed by atoms with Gasteiger partial charge in [0.05, 0.1) is 27.8 Å². The fourth-order valence-electron chi connectivity index (χ4n) is 3.93. The van der Waals surface area contributed by atoms with E-state index in [9.17, 15) is 19.5 Å². The average molecular weight is 501 g/mol. The van der Waals surface area contributed by atoms with E-state index in [0.29, 0.717) is 33.4 Å². The molecule has 10 heteroatoms. The number of aromatic carboxylic acids is 1. The van der Waals surface area contributed by atoms with E-state index < -0.39 is 17.2 Å². The Morgan fingerprint density at radius 2 is 1.82 bits per heavy atom. The van der Waals surface area contributed by atoms with Crippen molar-refractivity contribution in [1.82, 2.24) is 18.9 Å². The van der Waals surface area contributed by atoms with E-state index in [4.69, 9.17) is 23.2 Å². The van der Waals surface area contributed by atoms with Crippen LogP contribution in [0.3, 0.4) is 0 Å². The van der Waals surface area contributed by atoms with E-state index in [2.05, 4.69) is 5.10 Å². The molecule has 8 nitrogen and oxygen atoms in total. The van der Waals surface area contributed by atoms with Crippen LogP contribution in [-0.2, 0) is 20.1 Å². The van der Waals surface area contributed by atoms with Crippen molar-refractivity contribution < 1.29 is 9.90 Å². The Balaban J connectivity index is 2.10. The number of hydrogen-bond acceptors (Lipinski definition) is 4. The van der Waals surface area contributed by atoms with Crippen molar-refractivity contribution >= 4 is 40.2 Å². The lowest BCUT2D eigenvalue weighted by Gasteiger charge is -2.11. The number of carboxylic acids is 1. The second-order valence-electron chi connectivity index (χ2n) is 8.45. The summed E-state index contributed by atoms with van der Waals surface area (Å²) in [6.07, 6.45) is 0. The molecule has 2 heterocycles. The van der Waals surface area contributed by atoms with E-state index in [1.807, 2.05) is 13.8 Å². The Kier molecular flexibility index (Phi) is 6.38. The average Bonchev–Trinajstić information content (AvgIpc) is 3.17. The number of hydrogen-bond donors (Lipinski definition) is 1.